The third-order valence-corrected chi connectivity index (χ3v) is 3.70. The fourth-order valence-corrected chi connectivity index (χ4v) is 2.44. The zero-order valence-electron chi connectivity index (χ0n) is 15.1. The summed E-state index contributed by atoms with van der Waals surface area (Å²) in [5.74, 6) is -1.25. The maximum Gasteiger partial charge on any atom is 0.335 e. The summed E-state index contributed by atoms with van der Waals surface area (Å²) in [6, 6.07) is 14.7. The predicted molar refractivity (Wildman–Crippen MR) is 105 cm³/mol. The van der Waals surface area contributed by atoms with Crippen LogP contribution in [0.2, 0.25) is 5.02 Å². The van der Waals surface area contributed by atoms with Crippen molar-refractivity contribution in [2.45, 2.75) is 26.3 Å². The molecule has 0 unspecified atom stereocenters. The molecule has 144 valence electrons. The molecule has 1 N–H and O–H groups in total. The lowest BCUT2D eigenvalue weighted by Crippen LogP contribution is -2.52. The number of benzene rings is 2. The van der Waals surface area contributed by atoms with Crippen LogP contribution < -0.4 is 0 Å². The molecule has 0 radical (unpaired) electrons. The van der Waals surface area contributed by atoms with Gasteiger partial charge in [0.25, 0.3) is 5.91 Å². The molecule has 0 fully saturated rings. The molecule has 2 amide bonds. The van der Waals surface area contributed by atoms with Gasteiger partial charge in [-0.05, 0) is 57.2 Å². The van der Waals surface area contributed by atoms with E-state index >= 15 is 0 Å². The maximum absolute atomic E-state index is 12.2. The number of hydrogen-bond acceptors (Lipinski definition) is 3. The molecule has 0 spiro atoms. The molecule has 0 atom stereocenters. The summed E-state index contributed by atoms with van der Waals surface area (Å²) in [4.78, 5) is 33.2. The number of amides is 2. The van der Waals surface area contributed by atoms with Gasteiger partial charge >= 0.3 is 5.97 Å². The highest BCUT2D eigenvalue weighted by molar-refractivity contribution is 6.30. The second-order valence-corrected chi connectivity index (χ2v) is 7.14. The molecule has 0 aliphatic carbocycles. The van der Waals surface area contributed by atoms with Crippen molar-refractivity contribution < 1.29 is 19.5 Å². The second kappa shape index (κ2) is 9.94. The van der Waals surface area contributed by atoms with Crippen LogP contribution >= 0.6 is 23.4 Å². The Morgan fingerprint density at radius 3 is 1.89 bits per heavy atom. The van der Waals surface area contributed by atoms with E-state index in [1.54, 1.807) is 57.2 Å². The molecule has 27 heavy (non-hydrogen) atoms. The Bertz CT molecular complexity index is 775. The minimum atomic E-state index is -0.934. The third kappa shape index (κ3) is 6.92. The molecule has 0 saturated heterocycles. The molecule has 2 rings (SSSR count). The Hall–Kier alpha value is -2.57. The zero-order valence-corrected chi connectivity index (χ0v) is 16.6. The van der Waals surface area contributed by atoms with Crippen molar-refractivity contribution in [1.82, 2.24) is 9.54 Å². The summed E-state index contributed by atoms with van der Waals surface area (Å²) in [5.41, 5.74) is 0.148. The molecular formula is C19H20Cl2N2O4. The first-order chi connectivity index (χ1) is 12.6. The number of hydrogen-bond donors (Lipinski definition) is 1. The first-order valence-corrected chi connectivity index (χ1v) is 8.58. The van der Waals surface area contributed by atoms with Crippen LogP contribution in [0.25, 0.3) is 0 Å². The van der Waals surface area contributed by atoms with Crippen molar-refractivity contribution in [1.29, 1.82) is 0 Å². The summed E-state index contributed by atoms with van der Waals surface area (Å²) in [7, 11) is 0. The van der Waals surface area contributed by atoms with Crippen molar-refractivity contribution in [3.05, 3.63) is 70.7 Å². The van der Waals surface area contributed by atoms with E-state index in [1.807, 2.05) is 6.07 Å². The van der Waals surface area contributed by atoms with Gasteiger partial charge < -0.3 is 5.11 Å². The Labute approximate surface area is 168 Å². The Morgan fingerprint density at radius 2 is 1.48 bits per heavy atom. The van der Waals surface area contributed by atoms with E-state index in [1.165, 1.54) is 17.1 Å². The number of carbonyl (C=O) groups is 3. The number of carboxylic acids is 1. The first-order valence-electron chi connectivity index (χ1n) is 7.86. The van der Waals surface area contributed by atoms with Crippen molar-refractivity contribution in [2.75, 3.05) is 0 Å². The van der Waals surface area contributed by atoms with Crippen LogP contribution in [0.15, 0.2) is 54.6 Å². The molecule has 0 bridgehead atoms. The van der Waals surface area contributed by atoms with Crippen LogP contribution in [0.5, 0.6) is 0 Å². The van der Waals surface area contributed by atoms with Crippen molar-refractivity contribution in [2.24, 2.45) is 0 Å². The van der Waals surface area contributed by atoms with E-state index in [0.29, 0.717) is 17.0 Å². The van der Waals surface area contributed by atoms with Crippen molar-refractivity contribution in [3.63, 3.8) is 0 Å². The SMILES string of the molecule is CC(C)(C)N(C(=O)c1ccccc1)N(Cl)C=O.O=C(O)c1ccc(Cl)cc1. The highest BCUT2D eigenvalue weighted by Crippen LogP contribution is 2.20. The van der Waals surface area contributed by atoms with Gasteiger partial charge in [0.2, 0.25) is 6.41 Å². The van der Waals surface area contributed by atoms with Crippen molar-refractivity contribution in [3.8, 4) is 0 Å². The maximum atomic E-state index is 12.2. The number of halogens is 2. The topological polar surface area (TPSA) is 77.9 Å². The summed E-state index contributed by atoms with van der Waals surface area (Å²) in [5, 5.41) is 10.2. The van der Waals surface area contributed by atoms with Gasteiger partial charge in [-0.1, -0.05) is 29.8 Å². The summed E-state index contributed by atoms with van der Waals surface area (Å²) in [6.07, 6.45) is 0.396. The third-order valence-electron chi connectivity index (χ3n) is 3.22. The van der Waals surface area contributed by atoms with Crippen LogP contribution in [0.4, 0.5) is 0 Å². The Morgan fingerprint density at radius 1 is 0.963 bits per heavy atom. The Balaban J connectivity index is 0.000000309. The second-order valence-electron chi connectivity index (χ2n) is 6.36. The number of aromatic carboxylic acids is 1. The normalized spacial score (nSPS) is 10.3. The van der Waals surface area contributed by atoms with E-state index in [0.717, 1.165) is 4.53 Å². The molecule has 8 heteroatoms. The molecule has 0 saturated carbocycles. The first kappa shape index (κ1) is 22.5. The molecule has 0 aliphatic heterocycles. The van der Waals surface area contributed by atoms with E-state index in [2.05, 4.69) is 0 Å². The molecule has 0 aromatic heterocycles. The summed E-state index contributed by atoms with van der Waals surface area (Å²) >= 11 is 11.3. The fraction of sp³-hybridized carbons (Fsp3) is 0.211. The van der Waals surface area contributed by atoms with Gasteiger partial charge in [0.1, 0.15) is 0 Å². The summed E-state index contributed by atoms with van der Waals surface area (Å²) < 4.78 is 0.745. The van der Waals surface area contributed by atoms with Gasteiger partial charge in [0.05, 0.1) is 11.1 Å². The minimum absolute atomic E-state index is 0.254. The van der Waals surface area contributed by atoms with Crippen LogP contribution in [-0.4, -0.2) is 38.5 Å². The highest BCUT2D eigenvalue weighted by atomic mass is 35.5. The van der Waals surface area contributed by atoms with E-state index in [-0.39, 0.29) is 11.5 Å². The van der Waals surface area contributed by atoms with E-state index < -0.39 is 11.5 Å². The highest BCUT2D eigenvalue weighted by Gasteiger charge is 2.31. The van der Waals surface area contributed by atoms with Gasteiger partial charge in [0.15, 0.2) is 0 Å². The molecular weight excluding hydrogens is 391 g/mol. The lowest BCUT2D eigenvalue weighted by atomic mass is 10.1. The fourth-order valence-electron chi connectivity index (χ4n) is 2.02. The molecule has 6 nitrogen and oxygen atoms in total. The number of nitrogens with zero attached hydrogens (tertiary/aromatic N) is 2. The lowest BCUT2D eigenvalue weighted by molar-refractivity contribution is -0.125. The van der Waals surface area contributed by atoms with Crippen molar-refractivity contribution >= 4 is 41.7 Å². The number of carboxylic acid groups (broad SMARTS) is 1. The standard InChI is InChI=1S/C12H15ClN2O2.C7H5ClO2/c1-12(2,3)15(14(13)9-16)11(17)10-7-5-4-6-8-10;8-6-3-1-5(2-4-6)7(9)10/h4-9H,1-3H3;1-4H,(H,9,10). The summed E-state index contributed by atoms with van der Waals surface area (Å²) in [6.45, 7) is 5.40. The average molecular weight is 411 g/mol. The molecule has 0 aliphatic rings. The largest absolute Gasteiger partial charge is 0.478 e. The molecule has 0 heterocycles. The van der Waals surface area contributed by atoms with E-state index in [9.17, 15) is 14.4 Å². The number of hydrazine groups is 1. The van der Waals surface area contributed by atoms with Gasteiger partial charge in [-0.3, -0.25) is 9.59 Å². The van der Waals surface area contributed by atoms with Gasteiger partial charge in [-0.25, -0.2) is 9.80 Å². The van der Waals surface area contributed by atoms with Crippen LogP contribution in [0.3, 0.4) is 0 Å². The quantitative estimate of drug-likeness (QED) is 0.457. The van der Waals surface area contributed by atoms with Gasteiger partial charge in [-0.15, -0.1) is 0 Å². The van der Waals surface area contributed by atoms with Gasteiger partial charge in [-0.2, -0.15) is 4.53 Å². The number of carbonyl (C=O) groups excluding carboxylic acids is 2. The minimum Gasteiger partial charge on any atom is -0.478 e. The van der Waals surface area contributed by atoms with Crippen LogP contribution in [0.1, 0.15) is 41.5 Å². The predicted octanol–water partition coefficient (Wildman–Crippen LogP) is 4.49. The average Bonchev–Trinajstić information content (AvgIpc) is 2.62. The van der Waals surface area contributed by atoms with Gasteiger partial charge in [0, 0.05) is 22.4 Å². The van der Waals surface area contributed by atoms with E-state index in [4.69, 9.17) is 28.5 Å². The number of rotatable bonds is 4. The smallest absolute Gasteiger partial charge is 0.335 e. The van der Waals surface area contributed by atoms with Crippen LogP contribution in [-0.2, 0) is 4.79 Å². The molecule has 2 aromatic carbocycles. The Kier molecular flexibility index (Phi) is 8.28. The lowest BCUT2D eigenvalue weighted by Gasteiger charge is -2.37. The molecule has 2 aromatic rings. The van der Waals surface area contributed by atoms with Crippen LogP contribution in [0, 0.1) is 0 Å². The zero-order chi connectivity index (χ0) is 20.6. The monoisotopic (exact) mass is 410 g/mol.